The average molecular weight is 338 g/mol. The highest BCUT2D eigenvalue weighted by atomic mass is 15.5. The molecule has 0 saturated carbocycles. The summed E-state index contributed by atoms with van der Waals surface area (Å²) in [4.78, 5) is 4.71. The van der Waals surface area contributed by atoms with Crippen LogP contribution in [-0.2, 0) is 0 Å². The van der Waals surface area contributed by atoms with Gasteiger partial charge in [0.15, 0.2) is 0 Å². The van der Waals surface area contributed by atoms with Crippen LogP contribution in [0.15, 0.2) is 79.1 Å². The summed E-state index contributed by atoms with van der Waals surface area (Å²) in [5, 5.41) is 14.1. The molecule has 2 aromatic carbocycles. The van der Waals surface area contributed by atoms with E-state index in [1.165, 1.54) is 11.1 Å². The predicted octanol–water partition coefficient (Wildman–Crippen LogP) is 3.85. The van der Waals surface area contributed by atoms with Gasteiger partial charge < -0.3 is 4.40 Å². The third kappa shape index (κ3) is 2.53. The quantitative estimate of drug-likeness (QED) is 0.542. The van der Waals surface area contributed by atoms with Gasteiger partial charge in [0.2, 0.25) is 5.82 Å². The van der Waals surface area contributed by atoms with E-state index in [0.29, 0.717) is 5.82 Å². The molecule has 5 aromatic rings. The Bertz CT molecular complexity index is 1160. The first-order chi connectivity index (χ1) is 12.9. The Kier molecular flexibility index (Phi) is 3.31. The molecule has 0 bridgehead atoms. The van der Waals surface area contributed by atoms with Gasteiger partial charge in [0.05, 0.1) is 5.69 Å². The van der Waals surface area contributed by atoms with Gasteiger partial charge in [-0.2, -0.15) is 5.21 Å². The summed E-state index contributed by atoms with van der Waals surface area (Å²) < 4.78 is 1.98. The van der Waals surface area contributed by atoms with Crippen molar-refractivity contribution in [2.75, 3.05) is 0 Å². The van der Waals surface area contributed by atoms with Crippen molar-refractivity contribution in [3.05, 3.63) is 79.1 Å². The first-order valence-corrected chi connectivity index (χ1v) is 8.25. The Hall–Kier alpha value is -3.80. The third-order valence-corrected chi connectivity index (χ3v) is 4.34. The van der Waals surface area contributed by atoms with Crippen molar-refractivity contribution in [3.63, 3.8) is 0 Å². The number of fused-ring (bicyclic) bond motifs is 1. The summed E-state index contributed by atoms with van der Waals surface area (Å²) in [7, 11) is 0. The van der Waals surface area contributed by atoms with Crippen LogP contribution in [-0.4, -0.2) is 30.0 Å². The van der Waals surface area contributed by atoms with Crippen molar-refractivity contribution in [2.45, 2.75) is 0 Å². The zero-order valence-electron chi connectivity index (χ0n) is 13.7. The third-order valence-electron chi connectivity index (χ3n) is 4.34. The van der Waals surface area contributed by atoms with Gasteiger partial charge in [0.25, 0.3) is 0 Å². The highest BCUT2D eigenvalue weighted by molar-refractivity contribution is 5.70. The van der Waals surface area contributed by atoms with Crippen LogP contribution >= 0.6 is 0 Å². The van der Waals surface area contributed by atoms with Crippen LogP contribution in [0.1, 0.15) is 0 Å². The number of H-pyrrole nitrogens is 1. The number of hydrogen-bond donors (Lipinski definition) is 1. The molecule has 0 aliphatic carbocycles. The summed E-state index contributed by atoms with van der Waals surface area (Å²) in [6, 6.07) is 22.7. The summed E-state index contributed by atoms with van der Waals surface area (Å²) >= 11 is 0. The molecular formula is C20H14N6. The van der Waals surface area contributed by atoms with Gasteiger partial charge in [-0.05, 0) is 28.5 Å². The molecule has 0 radical (unpaired) electrons. The van der Waals surface area contributed by atoms with Crippen LogP contribution < -0.4 is 0 Å². The average Bonchev–Trinajstić information content (AvgIpc) is 3.38. The lowest BCUT2D eigenvalue weighted by Gasteiger charge is -2.02. The Morgan fingerprint density at radius 2 is 1.42 bits per heavy atom. The van der Waals surface area contributed by atoms with Crippen LogP contribution in [0.5, 0.6) is 0 Å². The zero-order valence-corrected chi connectivity index (χ0v) is 13.7. The number of nitrogens with zero attached hydrogens (tertiary/aromatic N) is 5. The van der Waals surface area contributed by atoms with Crippen LogP contribution in [0.2, 0.25) is 0 Å². The molecule has 1 N–H and O–H groups in total. The molecule has 26 heavy (non-hydrogen) atoms. The number of aromatic amines is 1. The molecule has 3 heterocycles. The maximum absolute atomic E-state index is 4.71. The molecule has 0 atom stereocenters. The molecule has 0 fully saturated rings. The lowest BCUT2D eigenvalue weighted by molar-refractivity contribution is 0.881. The van der Waals surface area contributed by atoms with Gasteiger partial charge in [0, 0.05) is 23.5 Å². The molecule has 0 aliphatic heterocycles. The Labute approximate surface area is 149 Å². The normalized spacial score (nSPS) is 11.1. The van der Waals surface area contributed by atoms with E-state index in [0.717, 1.165) is 22.5 Å². The van der Waals surface area contributed by atoms with Crippen LogP contribution in [0.3, 0.4) is 0 Å². The maximum Gasteiger partial charge on any atom is 0.206 e. The molecule has 0 unspecified atom stereocenters. The molecule has 0 saturated heterocycles. The number of rotatable bonds is 3. The van der Waals surface area contributed by atoms with Crippen molar-refractivity contribution in [1.82, 2.24) is 30.0 Å². The van der Waals surface area contributed by atoms with Gasteiger partial charge in [-0.1, -0.05) is 54.6 Å². The molecule has 5 rings (SSSR count). The number of tetrazole rings is 1. The first kappa shape index (κ1) is 14.5. The highest BCUT2D eigenvalue weighted by Crippen LogP contribution is 2.25. The van der Waals surface area contributed by atoms with Gasteiger partial charge in [-0.25, -0.2) is 4.98 Å². The van der Waals surface area contributed by atoms with E-state index < -0.39 is 0 Å². The largest absolute Gasteiger partial charge is 0.306 e. The van der Waals surface area contributed by atoms with Crippen LogP contribution in [0, 0.1) is 0 Å². The Balaban J connectivity index is 1.51. The van der Waals surface area contributed by atoms with Gasteiger partial charge in [-0.3, -0.25) is 0 Å². The molecule has 6 nitrogen and oxygen atoms in total. The van der Waals surface area contributed by atoms with Crippen molar-refractivity contribution < 1.29 is 0 Å². The predicted molar refractivity (Wildman–Crippen MR) is 99.2 cm³/mol. The molecule has 0 spiro atoms. The fraction of sp³-hybridized carbons (Fsp3) is 0. The monoisotopic (exact) mass is 338 g/mol. The van der Waals surface area contributed by atoms with E-state index in [1.54, 1.807) is 0 Å². The minimum absolute atomic E-state index is 0.564. The van der Waals surface area contributed by atoms with E-state index in [-0.39, 0.29) is 0 Å². The van der Waals surface area contributed by atoms with Gasteiger partial charge in [-0.15, -0.1) is 10.2 Å². The van der Waals surface area contributed by atoms with Crippen molar-refractivity contribution in [3.8, 4) is 33.8 Å². The lowest BCUT2D eigenvalue weighted by atomic mass is 10.0. The van der Waals surface area contributed by atoms with E-state index in [4.69, 9.17) is 4.98 Å². The second-order valence-electron chi connectivity index (χ2n) is 5.99. The minimum atomic E-state index is 0.564. The first-order valence-electron chi connectivity index (χ1n) is 8.25. The van der Waals surface area contributed by atoms with E-state index in [2.05, 4.69) is 57.0 Å². The molecule has 3 aromatic heterocycles. The topological polar surface area (TPSA) is 71.8 Å². The zero-order chi connectivity index (χ0) is 17.3. The number of nitrogens with one attached hydrogen (secondary N) is 1. The lowest BCUT2D eigenvalue weighted by Crippen LogP contribution is -1.87. The minimum Gasteiger partial charge on any atom is -0.306 e. The summed E-state index contributed by atoms with van der Waals surface area (Å²) in [5.41, 5.74) is 6.16. The van der Waals surface area contributed by atoms with E-state index in [9.17, 15) is 0 Å². The molecule has 124 valence electrons. The summed E-state index contributed by atoms with van der Waals surface area (Å²) in [6.07, 6.45) is 3.96. The van der Waals surface area contributed by atoms with Crippen molar-refractivity contribution in [1.29, 1.82) is 0 Å². The molecule has 0 amide bonds. The Morgan fingerprint density at radius 3 is 2.19 bits per heavy atom. The highest BCUT2D eigenvalue weighted by Gasteiger charge is 2.08. The molecule has 0 aliphatic rings. The SMILES string of the molecule is c1ccc(-c2ccc(-c3cn4cc(-c5nn[nH]n5)ccc4n3)cc2)cc1. The molecule has 6 heteroatoms. The van der Waals surface area contributed by atoms with E-state index in [1.807, 2.05) is 47.1 Å². The number of pyridine rings is 1. The van der Waals surface area contributed by atoms with Crippen LogP contribution in [0.25, 0.3) is 39.4 Å². The maximum atomic E-state index is 4.71. The number of benzene rings is 2. The smallest absolute Gasteiger partial charge is 0.206 e. The Morgan fingerprint density at radius 1 is 0.692 bits per heavy atom. The fourth-order valence-electron chi connectivity index (χ4n) is 3.01. The van der Waals surface area contributed by atoms with Crippen molar-refractivity contribution >= 4 is 5.65 Å². The van der Waals surface area contributed by atoms with Gasteiger partial charge in [0.1, 0.15) is 5.65 Å². The summed E-state index contributed by atoms with van der Waals surface area (Å²) in [5.74, 6) is 0.564. The number of hydrogen-bond acceptors (Lipinski definition) is 4. The second-order valence-corrected chi connectivity index (χ2v) is 5.99. The second kappa shape index (κ2) is 5.93. The summed E-state index contributed by atoms with van der Waals surface area (Å²) in [6.45, 7) is 0. The standard InChI is InChI=1S/C20H14N6/c1-2-4-14(5-3-1)15-6-8-16(9-7-15)18-13-26-12-17(10-11-19(26)21-18)20-22-24-25-23-20/h1-13H,(H,22,23,24,25). The van der Waals surface area contributed by atoms with Gasteiger partial charge >= 0.3 is 0 Å². The fourth-order valence-corrected chi connectivity index (χ4v) is 3.01. The molecular weight excluding hydrogens is 324 g/mol. The number of aromatic nitrogens is 6. The van der Waals surface area contributed by atoms with Crippen LogP contribution in [0.4, 0.5) is 0 Å². The van der Waals surface area contributed by atoms with Crippen molar-refractivity contribution in [2.24, 2.45) is 0 Å². The number of imidazole rings is 1. The van der Waals surface area contributed by atoms with E-state index >= 15 is 0 Å².